The van der Waals surface area contributed by atoms with Gasteiger partial charge in [0.25, 0.3) is 0 Å². The van der Waals surface area contributed by atoms with Crippen molar-refractivity contribution < 1.29 is 9.59 Å². The second-order valence-corrected chi connectivity index (χ2v) is 7.14. The van der Waals surface area contributed by atoms with E-state index in [0.29, 0.717) is 24.0 Å². The quantitative estimate of drug-likeness (QED) is 0.766. The zero-order valence-electron chi connectivity index (χ0n) is 15.7. The SMILES string of the molecule is CC(=O)Nc1cc(NC(=O)NC[C@@H](C)N2CCC[C@@H](C)C2)ccc1C. The number of nitrogens with zero attached hydrogens (tertiary/aromatic N) is 1. The van der Waals surface area contributed by atoms with E-state index in [1.165, 1.54) is 19.8 Å². The minimum absolute atomic E-state index is 0.130. The third kappa shape index (κ3) is 6.05. The Morgan fingerprint density at radius 2 is 2.08 bits per heavy atom. The predicted molar refractivity (Wildman–Crippen MR) is 102 cm³/mol. The summed E-state index contributed by atoms with van der Waals surface area (Å²) in [5, 5.41) is 8.54. The number of carbonyl (C=O) groups excluding carboxylic acids is 2. The molecule has 1 aromatic carbocycles. The van der Waals surface area contributed by atoms with Gasteiger partial charge in [-0.1, -0.05) is 13.0 Å². The fourth-order valence-electron chi connectivity index (χ4n) is 3.19. The molecule has 6 heteroatoms. The van der Waals surface area contributed by atoms with Gasteiger partial charge in [-0.15, -0.1) is 0 Å². The summed E-state index contributed by atoms with van der Waals surface area (Å²) in [5.74, 6) is 0.596. The molecule has 0 spiro atoms. The molecule has 1 aliphatic heterocycles. The van der Waals surface area contributed by atoms with Crippen LogP contribution in [0.3, 0.4) is 0 Å². The van der Waals surface area contributed by atoms with Crippen molar-refractivity contribution in [2.24, 2.45) is 5.92 Å². The number of hydrogen-bond acceptors (Lipinski definition) is 3. The molecule has 0 aromatic heterocycles. The van der Waals surface area contributed by atoms with E-state index in [1.54, 1.807) is 6.07 Å². The molecular weight excluding hydrogens is 316 g/mol. The van der Waals surface area contributed by atoms with Crippen LogP contribution in [0.4, 0.5) is 16.2 Å². The maximum atomic E-state index is 12.2. The summed E-state index contributed by atoms with van der Waals surface area (Å²) in [7, 11) is 0. The van der Waals surface area contributed by atoms with E-state index in [2.05, 4.69) is 34.7 Å². The Labute approximate surface area is 150 Å². The summed E-state index contributed by atoms with van der Waals surface area (Å²) in [6.45, 7) is 10.6. The molecule has 2 rings (SSSR count). The highest BCUT2D eigenvalue weighted by molar-refractivity contribution is 5.93. The molecule has 3 amide bonds. The van der Waals surface area contributed by atoms with E-state index in [1.807, 2.05) is 19.1 Å². The lowest BCUT2D eigenvalue weighted by Crippen LogP contribution is -2.47. The van der Waals surface area contributed by atoms with E-state index in [9.17, 15) is 9.59 Å². The summed E-state index contributed by atoms with van der Waals surface area (Å²) < 4.78 is 0. The number of likely N-dealkylation sites (tertiary alicyclic amines) is 1. The molecule has 0 saturated carbocycles. The second-order valence-electron chi connectivity index (χ2n) is 7.14. The number of rotatable bonds is 5. The summed E-state index contributed by atoms with van der Waals surface area (Å²) in [5.41, 5.74) is 2.32. The molecule has 25 heavy (non-hydrogen) atoms. The van der Waals surface area contributed by atoms with Crippen LogP contribution in [0.5, 0.6) is 0 Å². The van der Waals surface area contributed by atoms with Crippen LogP contribution in [0, 0.1) is 12.8 Å². The topological polar surface area (TPSA) is 73.5 Å². The van der Waals surface area contributed by atoms with Crippen LogP contribution >= 0.6 is 0 Å². The molecule has 1 saturated heterocycles. The smallest absolute Gasteiger partial charge is 0.319 e. The number of piperidine rings is 1. The van der Waals surface area contributed by atoms with Gasteiger partial charge in [0.1, 0.15) is 0 Å². The first-order valence-electron chi connectivity index (χ1n) is 9.02. The first-order valence-corrected chi connectivity index (χ1v) is 9.02. The molecule has 0 bridgehead atoms. The highest BCUT2D eigenvalue weighted by atomic mass is 16.2. The van der Waals surface area contributed by atoms with Crippen LogP contribution in [-0.2, 0) is 4.79 Å². The molecule has 0 aliphatic carbocycles. The van der Waals surface area contributed by atoms with Crippen molar-refractivity contribution in [1.82, 2.24) is 10.2 Å². The summed E-state index contributed by atoms with van der Waals surface area (Å²) in [6, 6.07) is 5.57. The van der Waals surface area contributed by atoms with Crippen molar-refractivity contribution in [3.05, 3.63) is 23.8 Å². The number of urea groups is 1. The molecule has 1 heterocycles. The van der Waals surface area contributed by atoms with Crippen molar-refractivity contribution in [2.45, 2.75) is 46.6 Å². The molecular formula is C19H30N4O2. The fourth-order valence-corrected chi connectivity index (χ4v) is 3.19. The maximum Gasteiger partial charge on any atom is 0.319 e. The molecule has 1 aliphatic rings. The van der Waals surface area contributed by atoms with Crippen molar-refractivity contribution in [2.75, 3.05) is 30.3 Å². The Balaban J connectivity index is 1.84. The van der Waals surface area contributed by atoms with Crippen LogP contribution < -0.4 is 16.0 Å². The molecule has 6 nitrogen and oxygen atoms in total. The fraction of sp³-hybridized carbons (Fsp3) is 0.579. The van der Waals surface area contributed by atoms with Gasteiger partial charge in [0, 0.05) is 37.4 Å². The lowest BCUT2D eigenvalue weighted by atomic mass is 9.99. The van der Waals surface area contributed by atoms with E-state index in [-0.39, 0.29) is 11.9 Å². The molecule has 3 N–H and O–H groups in total. The Morgan fingerprint density at radius 3 is 2.76 bits per heavy atom. The molecule has 1 aromatic rings. The molecule has 1 fully saturated rings. The summed E-state index contributed by atoms with van der Waals surface area (Å²) in [6.07, 6.45) is 2.52. The molecule has 138 valence electrons. The van der Waals surface area contributed by atoms with Crippen LogP contribution in [-0.4, -0.2) is 42.5 Å². The van der Waals surface area contributed by atoms with Gasteiger partial charge in [-0.05, 0) is 56.8 Å². The van der Waals surface area contributed by atoms with E-state index < -0.39 is 0 Å². The Kier molecular flexibility index (Phi) is 6.82. The Hall–Kier alpha value is -2.08. The maximum absolute atomic E-state index is 12.2. The minimum Gasteiger partial charge on any atom is -0.336 e. The van der Waals surface area contributed by atoms with Crippen LogP contribution in [0.25, 0.3) is 0 Å². The number of carbonyl (C=O) groups is 2. The Bertz CT molecular complexity index is 617. The number of nitrogens with one attached hydrogen (secondary N) is 3. The minimum atomic E-state index is -0.227. The summed E-state index contributed by atoms with van der Waals surface area (Å²) in [4.78, 5) is 25.8. The van der Waals surface area contributed by atoms with Gasteiger partial charge in [-0.25, -0.2) is 4.79 Å². The monoisotopic (exact) mass is 346 g/mol. The first kappa shape index (κ1) is 19.2. The van der Waals surface area contributed by atoms with Gasteiger partial charge in [-0.3, -0.25) is 9.69 Å². The van der Waals surface area contributed by atoms with Crippen molar-refractivity contribution in [3.8, 4) is 0 Å². The predicted octanol–water partition coefficient (Wildman–Crippen LogP) is 3.20. The zero-order valence-corrected chi connectivity index (χ0v) is 15.7. The molecule has 0 unspecified atom stereocenters. The molecule has 2 atom stereocenters. The second kappa shape index (κ2) is 8.85. The van der Waals surface area contributed by atoms with Crippen LogP contribution in [0.2, 0.25) is 0 Å². The van der Waals surface area contributed by atoms with E-state index >= 15 is 0 Å². The largest absolute Gasteiger partial charge is 0.336 e. The highest BCUT2D eigenvalue weighted by Gasteiger charge is 2.21. The van der Waals surface area contributed by atoms with Gasteiger partial charge < -0.3 is 16.0 Å². The van der Waals surface area contributed by atoms with Crippen LogP contribution in [0.1, 0.15) is 39.2 Å². The standard InChI is InChI=1S/C19H30N4O2/c1-13-6-5-9-23(12-13)15(3)11-20-19(25)22-17-8-7-14(2)18(10-17)21-16(4)24/h7-8,10,13,15H,5-6,9,11-12H2,1-4H3,(H,21,24)(H2,20,22,25)/t13-,15-/m1/s1. The van der Waals surface area contributed by atoms with E-state index in [0.717, 1.165) is 24.6 Å². The third-order valence-corrected chi connectivity index (χ3v) is 4.68. The van der Waals surface area contributed by atoms with Crippen LogP contribution in [0.15, 0.2) is 18.2 Å². The van der Waals surface area contributed by atoms with Gasteiger partial charge in [0.15, 0.2) is 0 Å². The number of anilines is 2. The Morgan fingerprint density at radius 1 is 1.32 bits per heavy atom. The first-order chi connectivity index (χ1) is 11.8. The zero-order chi connectivity index (χ0) is 18.4. The number of hydrogen-bond donors (Lipinski definition) is 3. The molecule has 0 radical (unpaired) electrons. The number of benzene rings is 1. The average Bonchev–Trinajstić information content (AvgIpc) is 2.55. The number of amides is 3. The lowest BCUT2D eigenvalue weighted by Gasteiger charge is -2.35. The van der Waals surface area contributed by atoms with Crippen molar-refractivity contribution >= 4 is 23.3 Å². The van der Waals surface area contributed by atoms with Crippen molar-refractivity contribution in [3.63, 3.8) is 0 Å². The van der Waals surface area contributed by atoms with Gasteiger partial charge in [0.05, 0.1) is 0 Å². The lowest BCUT2D eigenvalue weighted by molar-refractivity contribution is -0.114. The van der Waals surface area contributed by atoms with Gasteiger partial charge in [0.2, 0.25) is 5.91 Å². The highest BCUT2D eigenvalue weighted by Crippen LogP contribution is 2.20. The average molecular weight is 346 g/mol. The van der Waals surface area contributed by atoms with Gasteiger partial charge >= 0.3 is 6.03 Å². The normalized spacial score (nSPS) is 19.1. The van der Waals surface area contributed by atoms with E-state index in [4.69, 9.17) is 0 Å². The summed E-state index contributed by atoms with van der Waals surface area (Å²) >= 11 is 0. The number of aryl methyl sites for hydroxylation is 1. The van der Waals surface area contributed by atoms with Gasteiger partial charge in [-0.2, -0.15) is 0 Å². The third-order valence-electron chi connectivity index (χ3n) is 4.68. The van der Waals surface area contributed by atoms with Crippen molar-refractivity contribution in [1.29, 1.82) is 0 Å².